The van der Waals surface area contributed by atoms with Gasteiger partial charge < -0.3 is 10.0 Å². The number of aromatic carboxylic acids is 1. The first-order valence-electron chi connectivity index (χ1n) is 19.7. The lowest BCUT2D eigenvalue weighted by atomic mass is 9.71. The minimum atomic E-state index is -1.12. The summed E-state index contributed by atoms with van der Waals surface area (Å²) in [5, 5.41) is 9.42. The highest BCUT2D eigenvalue weighted by Gasteiger charge is 2.45. The summed E-state index contributed by atoms with van der Waals surface area (Å²) >= 11 is 1.59. The molecule has 0 saturated heterocycles. The minimum Gasteiger partial charge on any atom is -0.478 e. The third-order valence-electron chi connectivity index (χ3n) is 12.7. The molecule has 1 fully saturated rings. The molecule has 1 N–H and O–H groups in total. The molecule has 4 aromatic carbocycles. The van der Waals surface area contributed by atoms with Gasteiger partial charge in [0.15, 0.2) is 11.6 Å². The third kappa shape index (κ3) is 5.28. The van der Waals surface area contributed by atoms with Crippen LogP contribution in [-0.2, 0) is 5.41 Å². The quantitative estimate of drug-likeness (QED) is 0.114. The molecule has 1 aliphatic heterocycles. The summed E-state index contributed by atoms with van der Waals surface area (Å²) in [6.07, 6.45) is 12.5. The Labute approximate surface area is 321 Å². The molecule has 1 saturated carbocycles. The second-order valence-corrected chi connectivity index (χ2v) is 16.8. The number of unbranched alkanes of at least 4 members (excludes halogenated alkanes) is 2. The van der Waals surface area contributed by atoms with Gasteiger partial charge in [0.05, 0.1) is 11.1 Å². The van der Waals surface area contributed by atoms with Crippen molar-refractivity contribution in [2.45, 2.75) is 95.9 Å². The smallest absolute Gasteiger partial charge is 0.335 e. The number of fused-ring (bicyclic) bond motifs is 7. The van der Waals surface area contributed by atoms with Gasteiger partial charge in [-0.25, -0.2) is 4.79 Å². The van der Waals surface area contributed by atoms with Crippen LogP contribution in [0.15, 0.2) is 90.5 Å². The number of carboxylic acids is 1. The molecule has 2 unspecified atom stereocenters. The Bertz CT molecular complexity index is 2410. The van der Waals surface area contributed by atoms with Gasteiger partial charge in [-0.2, -0.15) is 0 Å². The predicted molar refractivity (Wildman–Crippen MR) is 219 cm³/mol. The average Bonchev–Trinajstić information content (AvgIpc) is 3.98. The minimum absolute atomic E-state index is 0.00114. The molecule has 272 valence electrons. The summed E-state index contributed by atoms with van der Waals surface area (Å²) < 4.78 is 0. The molecule has 2 atom stereocenters. The number of thiophene rings is 1. The second kappa shape index (κ2) is 13.3. The van der Waals surface area contributed by atoms with E-state index in [0.717, 1.165) is 20.9 Å². The van der Waals surface area contributed by atoms with Gasteiger partial charge in [0, 0.05) is 49.6 Å². The van der Waals surface area contributed by atoms with Crippen LogP contribution in [0.5, 0.6) is 0 Å². The maximum absolute atomic E-state index is 13.3. The van der Waals surface area contributed by atoms with Crippen molar-refractivity contribution in [2.24, 2.45) is 0 Å². The summed E-state index contributed by atoms with van der Waals surface area (Å²) in [7, 11) is 0. The number of benzene rings is 4. The molecule has 3 aliphatic carbocycles. The van der Waals surface area contributed by atoms with Crippen molar-refractivity contribution < 1.29 is 19.5 Å². The van der Waals surface area contributed by atoms with E-state index in [9.17, 15) is 19.5 Å². The van der Waals surface area contributed by atoms with Crippen LogP contribution in [0.2, 0.25) is 0 Å². The highest BCUT2D eigenvalue weighted by molar-refractivity contribution is 7.16. The number of Topliss-reactive ketones (excluding diaryl/α,β-unsaturated/α-hetero) is 2. The Kier molecular flexibility index (Phi) is 8.57. The van der Waals surface area contributed by atoms with Gasteiger partial charge in [0.1, 0.15) is 0 Å². The number of hydrogen-bond donors (Lipinski definition) is 1. The maximum Gasteiger partial charge on any atom is 0.335 e. The van der Waals surface area contributed by atoms with Crippen LogP contribution >= 0.6 is 11.3 Å². The fraction of sp³-hybridized carbons (Fsp3) is 0.312. The normalized spacial score (nSPS) is 19.6. The number of aryl methyl sites for hydroxylation is 1. The van der Waals surface area contributed by atoms with E-state index in [1.807, 2.05) is 6.92 Å². The number of rotatable bonds is 10. The van der Waals surface area contributed by atoms with Gasteiger partial charge in [0.25, 0.3) is 0 Å². The zero-order valence-electron chi connectivity index (χ0n) is 31.2. The largest absolute Gasteiger partial charge is 0.478 e. The first-order chi connectivity index (χ1) is 26.2. The van der Waals surface area contributed by atoms with Crippen molar-refractivity contribution >= 4 is 46.3 Å². The molecule has 5 nitrogen and oxygen atoms in total. The number of allylic oxidation sites excluding steroid dienone is 1. The van der Waals surface area contributed by atoms with E-state index in [0.29, 0.717) is 12.0 Å². The Morgan fingerprint density at radius 3 is 2.37 bits per heavy atom. The van der Waals surface area contributed by atoms with Crippen LogP contribution in [0, 0.1) is 6.92 Å². The lowest BCUT2D eigenvalue weighted by molar-refractivity contribution is 0.0696. The van der Waals surface area contributed by atoms with Crippen LogP contribution in [0.25, 0.3) is 27.6 Å². The summed E-state index contributed by atoms with van der Waals surface area (Å²) in [5.41, 5.74) is 12.6. The Hall–Kier alpha value is -5.07. The molecule has 6 heteroatoms. The van der Waals surface area contributed by atoms with Crippen molar-refractivity contribution in [1.82, 2.24) is 0 Å². The SMILES string of the molecule is CCCCC1(CCCC)c2ccccc2-c2cc(N3c4ccc(-c5cc(C)c(/C=C6\C(=O)c7ccc(C(=O)O)cc7C6=O)s5)cc4C4CCCC43)ccc21. The van der Waals surface area contributed by atoms with Crippen LogP contribution in [-0.4, -0.2) is 28.7 Å². The van der Waals surface area contributed by atoms with Gasteiger partial charge in [-0.1, -0.05) is 82.3 Å². The number of hydrogen-bond acceptors (Lipinski definition) is 5. The van der Waals surface area contributed by atoms with Crippen molar-refractivity contribution in [3.8, 4) is 21.6 Å². The maximum atomic E-state index is 13.3. The highest BCUT2D eigenvalue weighted by Crippen LogP contribution is 2.58. The van der Waals surface area contributed by atoms with Crippen LogP contribution in [0.1, 0.15) is 136 Å². The van der Waals surface area contributed by atoms with E-state index >= 15 is 0 Å². The number of carbonyl (C=O) groups excluding carboxylic acids is 2. The highest BCUT2D eigenvalue weighted by atomic mass is 32.1. The van der Waals surface area contributed by atoms with Crippen LogP contribution in [0.4, 0.5) is 11.4 Å². The van der Waals surface area contributed by atoms with Gasteiger partial charge in [0.2, 0.25) is 0 Å². The lowest BCUT2D eigenvalue weighted by Crippen LogP contribution is -2.27. The van der Waals surface area contributed by atoms with E-state index in [-0.39, 0.29) is 33.5 Å². The first-order valence-corrected chi connectivity index (χ1v) is 20.5. The standard InChI is InChI=1S/C48H45NO4S/c1-4-6-21-48(22-7-5-2)39-13-9-8-11-32(39)35-26-31(17-19-40(35)48)49-41-14-10-12-33(41)36-24-29(16-20-42(36)49)44-23-28(3)43(54-44)27-38-45(50)34-18-15-30(47(52)53)25-37(34)46(38)51/h8-9,11,13,15-20,23-27,33,41H,4-7,10,12,14,21-22H2,1-3H3,(H,52,53)/b38-27+. The van der Waals surface area contributed by atoms with Crippen molar-refractivity contribution in [3.05, 3.63) is 134 Å². The van der Waals surface area contributed by atoms with Gasteiger partial charge in [-0.15, -0.1) is 11.3 Å². The van der Waals surface area contributed by atoms with Crippen molar-refractivity contribution in [2.75, 3.05) is 4.90 Å². The molecule has 0 bridgehead atoms. The molecule has 9 rings (SSSR count). The number of ketones is 2. The molecular weight excluding hydrogens is 687 g/mol. The molecule has 4 aliphatic rings. The molecule has 2 heterocycles. The number of carbonyl (C=O) groups is 3. The van der Waals surface area contributed by atoms with Crippen LogP contribution in [0.3, 0.4) is 0 Å². The molecule has 0 spiro atoms. The molecule has 1 aromatic heterocycles. The first kappa shape index (κ1) is 34.7. The number of carboxylic acid groups (broad SMARTS) is 1. The zero-order chi connectivity index (χ0) is 37.3. The zero-order valence-corrected chi connectivity index (χ0v) is 32.0. The average molecular weight is 732 g/mol. The van der Waals surface area contributed by atoms with Gasteiger partial charge >= 0.3 is 5.97 Å². The molecular formula is C48H45NO4S. The topological polar surface area (TPSA) is 74.7 Å². The van der Waals surface area contributed by atoms with Gasteiger partial charge in [-0.3, -0.25) is 9.59 Å². The van der Waals surface area contributed by atoms with Crippen molar-refractivity contribution in [3.63, 3.8) is 0 Å². The Morgan fingerprint density at radius 2 is 1.59 bits per heavy atom. The van der Waals surface area contributed by atoms with E-state index in [4.69, 9.17) is 0 Å². The summed E-state index contributed by atoms with van der Waals surface area (Å²) in [6, 6.07) is 30.2. The lowest BCUT2D eigenvalue weighted by Gasteiger charge is -2.33. The summed E-state index contributed by atoms with van der Waals surface area (Å²) in [6.45, 7) is 6.63. The van der Waals surface area contributed by atoms with E-state index in [2.05, 4.69) is 85.5 Å². The number of anilines is 2. The molecule has 0 radical (unpaired) electrons. The predicted octanol–water partition coefficient (Wildman–Crippen LogP) is 12.3. The Morgan fingerprint density at radius 1 is 0.833 bits per heavy atom. The van der Waals surface area contributed by atoms with E-state index in [1.54, 1.807) is 17.4 Å². The van der Waals surface area contributed by atoms with E-state index in [1.165, 1.54) is 115 Å². The van der Waals surface area contributed by atoms with Gasteiger partial charge in [-0.05, 0) is 126 Å². The fourth-order valence-corrected chi connectivity index (χ4v) is 11.2. The van der Waals surface area contributed by atoms with Crippen LogP contribution < -0.4 is 4.90 Å². The molecule has 5 aromatic rings. The van der Waals surface area contributed by atoms with Crippen molar-refractivity contribution in [1.29, 1.82) is 0 Å². The summed E-state index contributed by atoms with van der Waals surface area (Å²) in [5.74, 6) is -1.42. The summed E-state index contributed by atoms with van der Waals surface area (Å²) in [4.78, 5) is 42.7. The fourth-order valence-electron chi connectivity index (χ4n) is 10.1. The monoisotopic (exact) mass is 731 g/mol. The third-order valence-corrected chi connectivity index (χ3v) is 13.9. The molecule has 0 amide bonds. The van der Waals surface area contributed by atoms with E-state index < -0.39 is 11.8 Å². The number of nitrogens with zero attached hydrogens (tertiary/aromatic N) is 1. The Balaban J connectivity index is 1.06. The molecule has 54 heavy (non-hydrogen) atoms. The second-order valence-electron chi connectivity index (χ2n) is 15.8.